The van der Waals surface area contributed by atoms with Crippen molar-refractivity contribution in [1.29, 1.82) is 0 Å². The smallest absolute Gasteiger partial charge is 0.355 e. The summed E-state index contributed by atoms with van der Waals surface area (Å²) in [5.41, 5.74) is 0.767. The van der Waals surface area contributed by atoms with Gasteiger partial charge in [0.1, 0.15) is 11.8 Å². The number of allylic oxidation sites excluding steroid dienone is 1. The molecule has 0 spiro atoms. The highest BCUT2D eigenvalue weighted by molar-refractivity contribution is 5.87. The minimum Gasteiger partial charge on any atom is -0.457 e. The second-order valence-electron chi connectivity index (χ2n) is 14.1. The first kappa shape index (κ1) is 27.5. The highest BCUT2D eigenvalue weighted by Gasteiger charge is 2.59. The Hall–Kier alpha value is -2.11. The molecule has 0 aliphatic heterocycles. The van der Waals surface area contributed by atoms with Crippen molar-refractivity contribution in [1.82, 2.24) is 9.97 Å². The molecule has 38 heavy (non-hydrogen) atoms. The molecule has 0 bridgehead atoms. The van der Waals surface area contributed by atoms with Crippen LogP contribution in [-0.4, -0.2) is 22.0 Å². The maximum atomic E-state index is 12.7. The Morgan fingerprint density at radius 2 is 1.82 bits per heavy atom. The molecule has 8 atom stereocenters. The van der Waals surface area contributed by atoms with Crippen LogP contribution in [0.5, 0.6) is 0 Å². The molecule has 1 aromatic heterocycles. The summed E-state index contributed by atoms with van der Waals surface area (Å²) in [5.74, 6) is 4.20. The number of aromatic nitrogens is 2. The summed E-state index contributed by atoms with van der Waals surface area (Å²) in [6, 6.07) is 1.10. The van der Waals surface area contributed by atoms with Crippen molar-refractivity contribution in [2.45, 2.75) is 111 Å². The van der Waals surface area contributed by atoms with Crippen LogP contribution in [0.2, 0.25) is 0 Å². The predicted molar refractivity (Wildman–Crippen MR) is 150 cm³/mol. The zero-order valence-corrected chi connectivity index (χ0v) is 24.1. The summed E-state index contributed by atoms with van der Waals surface area (Å²) in [5, 5.41) is 0. The molecule has 3 saturated carbocycles. The molecule has 6 nitrogen and oxygen atoms in total. The van der Waals surface area contributed by atoms with E-state index in [1.165, 1.54) is 50.5 Å². The lowest BCUT2D eigenvalue weighted by atomic mass is 9.47. The van der Waals surface area contributed by atoms with E-state index < -0.39 is 17.2 Å². The minimum atomic E-state index is -0.690. The lowest BCUT2D eigenvalue weighted by Crippen LogP contribution is -2.51. The van der Waals surface area contributed by atoms with Crippen molar-refractivity contribution in [2.75, 3.05) is 0 Å². The van der Waals surface area contributed by atoms with Gasteiger partial charge in [-0.2, -0.15) is 0 Å². The molecule has 0 radical (unpaired) electrons. The minimum absolute atomic E-state index is 0.0782. The molecular weight excluding hydrogens is 476 g/mol. The average molecular weight is 525 g/mol. The van der Waals surface area contributed by atoms with Crippen LogP contribution in [0, 0.1) is 46.3 Å². The standard InChI is InChI=1S/C32H48N2O4/c1-19(2)7-6-8-20(3)24-11-12-25-23-10-9-21-17-22(38-29(36)27-18-28(35)34-30(37)33-27)13-15-31(21,4)26(23)14-16-32(24,25)5/h9,18-20,22-26H,6-8,10-17H2,1-5H3,(H2,33,34,35,37)/t20-,22+,23+,24-,25+,26+,31+,32-/m1/s1. The fourth-order valence-corrected chi connectivity index (χ4v) is 9.55. The third kappa shape index (κ3) is 4.97. The zero-order valence-electron chi connectivity index (χ0n) is 24.1. The molecule has 0 saturated heterocycles. The van der Waals surface area contributed by atoms with Crippen LogP contribution in [0.3, 0.4) is 0 Å². The van der Waals surface area contributed by atoms with Gasteiger partial charge in [-0.1, -0.05) is 65.5 Å². The van der Waals surface area contributed by atoms with Crippen LogP contribution in [0.15, 0.2) is 27.3 Å². The van der Waals surface area contributed by atoms with Gasteiger partial charge in [0.2, 0.25) is 0 Å². The van der Waals surface area contributed by atoms with Crippen molar-refractivity contribution in [3.05, 3.63) is 44.2 Å². The number of aromatic amines is 2. The molecule has 0 unspecified atom stereocenters. The van der Waals surface area contributed by atoms with Crippen molar-refractivity contribution in [3.8, 4) is 0 Å². The summed E-state index contributed by atoms with van der Waals surface area (Å²) in [7, 11) is 0. The quantitative estimate of drug-likeness (QED) is 0.309. The molecule has 6 heteroatoms. The topological polar surface area (TPSA) is 92.0 Å². The number of esters is 1. The van der Waals surface area contributed by atoms with Crippen molar-refractivity contribution >= 4 is 5.97 Å². The van der Waals surface area contributed by atoms with Crippen molar-refractivity contribution in [3.63, 3.8) is 0 Å². The molecule has 210 valence electrons. The SMILES string of the molecule is CC(C)CCC[C@@H](C)[C@H]1CC[C@H]2[C@@H]3CC=C4C[C@@H](OC(=O)c5cc(=O)[nH]c(=O)[nH]5)CC[C@]4(C)[C@H]3CC[C@]12C. The second-order valence-corrected chi connectivity index (χ2v) is 14.1. The number of rotatable bonds is 7. The van der Waals surface area contributed by atoms with E-state index in [-0.39, 0.29) is 17.2 Å². The summed E-state index contributed by atoms with van der Waals surface area (Å²) < 4.78 is 5.79. The van der Waals surface area contributed by atoms with Gasteiger partial charge in [-0.05, 0) is 91.3 Å². The Morgan fingerprint density at radius 1 is 1.03 bits per heavy atom. The normalized spacial score (nSPS) is 37.1. The molecule has 3 fully saturated rings. The molecule has 0 aromatic carbocycles. The first-order chi connectivity index (χ1) is 18.0. The van der Waals surface area contributed by atoms with Gasteiger partial charge in [0, 0.05) is 12.5 Å². The predicted octanol–water partition coefficient (Wildman–Crippen LogP) is 6.63. The third-order valence-corrected chi connectivity index (χ3v) is 11.5. The molecule has 0 amide bonds. The van der Waals surface area contributed by atoms with Gasteiger partial charge in [0.25, 0.3) is 5.56 Å². The van der Waals surface area contributed by atoms with Gasteiger partial charge in [0.05, 0.1) is 0 Å². The highest BCUT2D eigenvalue weighted by Crippen LogP contribution is 2.67. The highest BCUT2D eigenvalue weighted by atomic mass is 16.5. The second kappa shape index (κ2) is 10.5. The maximum absolute atomic E-state index is 12.7. The first-order valence-corrected chi connectivity index (χ1v) is 15.3. The van der Waals surface area contributed by atoms with Crippen molar-refractivity contribution < 1.29 is 9.53 Å². The number of ether oxygens (including phenoxy) is 1. The maximum Gasteiger partial charge on any atom is 0.355 e. The van der Waals surface area contributed by atoms with E-state index >= 15 is 0 Å². The molecule has 4 aliphatic carbocycles. The van der Waals surface area contributed by atoms with E-state index in [0.717, 1.165) is 67.3 Å². The largest absolute Gasteiger partial charge is 0.457 e. The van der Waals surface area contributed by atoms with Gasteiger partial charge in [-0.15, -0.1) is 0 Å². The van der Waals surface area contributed by atoms with Crippen LogP contribution < -0.4 is 11.2 Å². The van der Waals surface area contributed by atoms with Crippen LogP contribution in [0.4, 0.5) is 0 Å². The van der Waals surface area contributed by atoms with Crippen molar-refractivity contribution in [2.24, 2.45) is 46.3 Å². The van der Waals surface area contributed by atoms with Gasteiger partial charge in [-0.3, -0.25) is 9.78 Å². The molecule has 2 N–H and O–H groups in total. The summed E-state index contributed by atoms with van der Waals surface area (Å²) >= 11 is 0. The number of hydrogen-bond donors (Lipinski definition) is 2. The van der Waals surface area contributed by atoms with Gasteiger partial charge < -0.3 is 9.72 Å². The van der Waals surface area contributed by atoms with Gasteiger partial charge >= 0.3 is 11.7 Å². The van der Waals surface area contributed by atoms with E-state index in [1.807, 2.05) is 0 Å². The number of fused-ring (bicyclic) bond motifs is 5. The number of carbonyl (C=O) groups excluding carboxylic acids is 1. The molecule has 1 aromatic rings. The summed E-state index contributed by atoms with van der Waals surface area (Å²) in [6.07, 6.45) is 15.6. The van der Waals surface area contributed by atoms with E-state index in [9.17, 15) is 14.4 Å². The average Bonchev–Trinajstić information content (AvgIpc) is 3.20. The number of carbonyl (C=O) groups is 1. The van der Waals surface area contributed by atoms with Crippen LogP contribution in [-0.2, 0) is 4.74 Å². The zero-order chi connectivity index (χ0) is 27.2. The Labute approximate surface area is 227 Å². The fourth-order valence-electron chi connectivity index (χ4n) is 9.55. The lowest BCUT2D eigenvalue weighted by Gasteiger charge is -2.58. The van der Waals surface area contributed by atoms with E-state index in [2.05, 4.69) is 50.7 Å². The Balaban J connectivity index is 1.26. The van der Waals surface area contributed by atoms with E-state index in [4.69, 9.17) is 4.74 Å². The molecule has 4 aliphatic rings. The third-order valence-electron chi connectivity index (χ3n) is 11.5. The lowest BCUT2D eigenvalue weighted by molar-refractivity contribution is -0.0595. The number of nitrogens with one attached hydrogen (secondary N) is 2. The van der Waals surface area contributed by atoms with E-state index in [0.29, 0.717) is 5.41 Å². The monoisotopic (exact) mass is 524 g/mol. The van der Waals surface area contributed by atoms with E-state index in [1.54, 1.807) is 0 Å². The van der Waals surface area contributed by atoms with Crippen LogP contribution in [0.1, 0.15) is 116 Å². The van der Waals surface area contributed by atoms with Gasteiger partial charge in [0.15, 0.2) is 0 Å². The van der Waals surface area contributed by atoms with Gasteiger partial charge in [-0.25, -0.2) is 9.59 Å². The Bertz CT molecular complexity index is 1150. The summed E-state index contributed by atoms with van der Waals surface area (Å²) in [4.78, 5) is 40.3. The molecule has 1 heterocycles. The summed E-state index contributed by atoms with van der Waals surface area (Å²) in [6.45, 7) is 12.3. The first-order valence-electron chi connectivity index (χ1n) is 15.3. The number of hydrogen-bond acceptors (Lipinski definition) is 4. The Morgan fingerprint density at radius 3 is 2.55 bits per heavy atom. The number of H-pyrrole nitrogens is 2. The molecular formula is C32H48N2O4. The molecule has 5 rings (SSSR count). The van der Waals surface area contributed by atoms with Crippen LogP contribution in [0.25, 0.3) is 0 Å². The Kier molecular flexibility index (Phi) is 7.56. The van der Waals surface area contributed by atoms with Crippen LogP contribution >= 0.6 is 0 Å². The fraction of sp³-hybridized carbons (Fsp3) is 0.781.